The minimum absolute atomic E-state index is 0.667. The summed E-state index contributed by atoms with van der Waals surface area (Å²) in [4.78, 5) is 8.63. The number of nitrogens with zero attached hydrogens (tertiary/aromatic N) is 5. The van der Waals surface area contributed by atoms with Crippen molar-refractivity contribution in [3.05, 3.63) is 17.0 Å². The molecule has 7 heteroatoms. The van der Waals surface area contributed by atoms with Crippen LogP contribution in [0.2, 0.25) is 0 Å². The van der Waals surface area contributed by atoms with E-state index in [4.69, 9.17) is 0 Å². The van der Waals surface area contributed by atoms with E-state index in [1.807, 2.05) is 7.05 Å². The van der Waals surface area contributed by atoms with E-state index in [-0.39, 0.29) is 0 Å². The Morgan fingerprint density at radius 3 is 2.76 bits per heavy atom. The molecule has 0 spiro atoms. The molecule has 0 aliphatic heterocycles. The molecular weight excluding hydrogens is 284 g/mol. The lowest BCUT2D eigenvalue weighted by Crippen LogP contribution is -2.06. The lowest BCUT2D eigenvalue weighted by molar-refractivity contribution is 0.718. The maximum atomic E-state index is 4.34. The number of aryl methyl sites for hydroxylation is 1. The molecule has 2 rings (SSSR count). The largest absolute Gasteiger partial charge is 0.368 e. The molecule has 0 atom stereocenters. The average molecular weight is 297 g/mol. The molecular formula is C10H13BrN6. The molecule has 1 N–H and O–H groups in total. The number of hydrogen-bond acceptors (Lipinski definition) is 5. The SMILES string of the molecule is CCCNc1nccnc1-c1c(Br)nnn1C. The van der Waals surface area contributed by atoms with Crippen molar-refractivity contribution in [1.82, 2.24) is 25.0 Å². The van der Waals surface area contributed by atoms with Gasteiger partial charge < -0.3 is 5.32 Å². The normalized spacial score (nSPS) is 10.5. The van der Waals surface area contributed by atoms with Crippen LogP contribution in [0.4, 0.5) is 5.82 Å². The minimum atomic E-state index is 0.667. The van der Waals surface area contributed by atoms with E-state index in [9.17, 15) is 0 Å². The first-order chi connectivity index (χ1) is 8.24. The summed E-state index contributed by atoms with van der Waals surface area (Å²) in [5, 5.41) is 11.1. The third-order valence-electron chi connectivity index (χ3n) is 2.25. The summed E-state index contributed by atoms with van der Waals surface area (Å²) in [5.41, 5.74) is 1.57. The predicted molar refractivity (Wildman–Crippen MR) is 68.5 cm³/mol. The molecule has 0 aliphatic carbocycles. The molecule has 17 heavy (non-hydrogen) atoms. The van der Waals surface area contributed by atoms with E-state index < -0.39 is 0 Å². The molecule has 6 nitrogen and oxygen atoms in total. The van der Waals surface area contributed by atoms with Crippen molar-refractivity contribution in [3.63, 3.8) is 0 Å². The van der Waals surface area contributed by atoms with Crippen LogP contribution in [0.3, 0.4) is 0 Å². The maximum absolute atomic E-state index is 4.34. The summed E-state index contributed by atoms with van der Waals surface area (Å²) in [6.45, 7) is 2.96. The minimum Gasteiger partial charge on any atom is -0.368 e. The van der Waals surface area contributed by atoms with Crippen molar-refractivity contribution in [3.8, 4) is 11.4 Å². The van der Waals surface area contributed by atoms with Gasteiger partial charge in [-0.15, -0.1) is 5.10 Å². The van der Waals surface area contributed by atoms with Gasteiger partial charge in [0.05, 0.1) is 0 Å². The van der Waals surface area contributed by atoms with Crippen LogP contribution in [-0.4, -0.2) is 31.5 Å². The van der Waals surface area contributed by atoms with Crippen LogP contribution in [-0.2, 0) is 7.05 Å². The van der Waals surface area contributed by atoms with Gasteiger partial charge in [-0.3, -0.25) is 0 Å². The topological polar surface area (TPSA) is 68.5 Å². The summed E-state index contributed by atoms with van der Waals surface area (Å²) in [7, 11) is 1.82. The Hall–Kier alpha value is -1.50. The van der Waals surface area contributed by atoms with Gasteiger partial charge in [-0.2, -0.15) is 0 Å². The summed E-state index contributed by atoms with van der Waals surface area (Å²) in [5.74, 6) is 0.750. The lowest BCUT2D eigenvalue weighted by atomic mass is 10.3. The quantitative estimate of drug-likeness (QED) is 0.933. The van der Waals surface area contributed by atoms with Gasteiger partial charge in [0, 0.05) is 26.0 Å². The van der Waals surface area contributed by atoms with Gasteiger partial charge in [-0.1, -0.05) is 12.1 Å². The number of rotatable bonds is 4. The second-order valence-corrected chi connectivity index (χ2v) is 4.28. The third kappa shape index (κ3) is 2.44. The Morgan fingerprint density at radius 2 is 2.12 bits per heavy atom. The first-order valence-electron chi connectivity index (χ1n) is 5.34. The van der Waals surface area contributed by atoms with Gasteiger partial charge in [-0.25, -0.2) is 14.6 Å². The van der Waals surface area contributed by atoms with E-state index in [2.05, 4.69) is 48.5 Å². The molecule has 0 aromatic carbocycles. The van der Waals surface area contributed by atoms with E-state index in [0.29, 0.717) is 4.60 Å². The van der Waals surface area contributed by atoms with Gasteiger partial charge in [0.1, 0.15) is 11.4 Å². The number of nitrogens with one attached hydrogen (secondary N) is 1. The fraction of sp³-hybridized carbons (Fsp3) is 0.400. The highest BCUT2D eigenvalue weighted by Gasteiger charge is 2.16. The second-order valence-electron chi connectivity index (χ2n) is 3.53. The summed E-state index contributed by atoms with van der Waals surface area (Å²) in [6, 6.07) is 0. The number of anilines is 1. The van der Waals surface area contributed by atoms with E-state index in [0.717, 1.165) is 30.2 Å². The van der Waals surface area contributed by atoms with Crippen molar-refractivity contribution in [2.45, 2.75) is 13.3 Å². The first-order valence-corrected chi connectivity index (χ1v) is 6.13. The molecule has 0 fully saturated rings. The molecule has 2 heterocycles. The van der Waals surface area contributed by atoms with Crippen LogP contribution < -0.4 is 5.32 Å². The highest BCUT2D eigenvalue weighted by molar-refractivity contribution is 9.10. The van der Waals surface area contributed by atoms with Crippen molar-refractivity contribution < 1.29 is 0 Å². The monoisotopic (exact) mass is 296 g/mol. The zero-order chi connectivity index (χ0) is 12.3. The van der Waals surface area contributed by atoms with Crippen LogP contribution in [0.25, 0.3) is 11.4 Å². The summed E-state index contributed by atoms with van der Waals surface area (Å²) < 4.78 is 2.34. The first kappa shape index (κ1) is 12.0. The van der Waals surface area contributed by atoms with E-state index in [1.165, 1.54) is 0 Å². The number of halogens is 1. The van der Waals surface area contributed by atoms with Crippen molar-refractivity contribution in [1.29, 1.82) is 0 Å². The van der Waals surface area contributed by atoms with Gasteiger partial charge in [0.25, 0.3) is 0 Å². The van der Waals surface area contributed by atoms with Gasteiger partial charge >= 0.3 is 0 Å². The standard InChI is InChI=1S/C10H13BrN6/c1-3-4-13-10-7(12-5-6-14-10)8-9(11)15-16-17(8)2/h5-6H,3-4H2,1-2H3,(H,13,14). The van der Waals surface area contributed by atoms with Gasteiger partial charge in [-0.05, 0) is 22.4 Å². The molecule has 0 unspecified atom stereocenters. The second kappa shape index (κ2) is 5.22. The van der Waals surface area contributed by atoms with Crippen molar-refractivity contribution in [2.75, 3.05) is 11.9 Å². The van der Waals surface area contributed by atoms with Crippen LogP contribution in [0.15, 0.2) is 17.0 Å². The van der Waals surface area contributed by atoms with Crippen molar-refractivity contribution in [2.24, 2.45) is 7.05 Å². The molecule has 0 saturated carbocycles. The van der Waals surface area contributed by atoms with Crippen LogP contribution in [0.1, 0.15) is 13.3 Å². The Kier molecular flexibility index (Phi) is 3.68. The van der Waals surface area contributed by atoms with Gasteiger partial charge in [0.2, 0.25) is 0 Å². The lowest BCUT2D eigenvalue weighted by Gasteiger charge is -2.08. The Balaban J connectivity index is 2.44. The zero-order valence-corrected chi connectivity index (χ0v) is 11.3. The van der Waals surface area contributed by atoms with Crippen LogP contribution in [0.5, 0.6) is 0 Å². The predicted octanol–water partition coefficient (Wildman–Crippen LogP) is 1.86. The number of aromatic nitrogens is 5. The van der Waals surface area contributed by atoms with Gasteiger partial charge in [0.15, 0.2) is 10.4 Å². The zero-order valence-electron chi connectivity index (χ0n) is 9.68. The maximum Gasteiger partial charge on any atom is 0.158 e. The summed E-state index contributed by atoms with van der Waals surface area (Å²) in [6.07, 6.45) is 4.35. The van der Waals surface area contributed by atoms with Crippen molar-refractivity contribution >= 4 is 21.7 Å². The third-order valence-corrected chi connectivity index (χ3v) is 2.78. The fourth-order valence-corrected chi connectivity index (χ4v) is 1.98. The Morgan fingerprint density at radius 1 is 1.35 bits per heavy atom. The molecule has 0 radical (unpaired) electrons. The van der Waals surface area contributed by atoms with E-state index in [1.54, 1.807) is 17.1 Å². The number of hydrogen-bond donors (Lipinski definition) is 1. The van der Waals surface area contributed by atoms with Crippen LogP contribution >= 0.6 is 15.9 Å². The molecule has 2 aromatic heterocycles. The molecule has 0 saturated heterocycles. The molecule has 0 aliphatic rings. The highest BCUT2D eigenvalue weighted by Crippen LogP contribution is 2.28. The Bertz CT molecular complexity index is 490. The molecule has 0 amide bonds. The van der Waals surface area contributed by atoms with Crippen LogP contribution in [0, 0.1) is 0 Å². The molecule has 2 aromatic rings. The van der Waals surface area contributed by atoms with E-state index >= 15 is 0 Å². The molecule has 90 valence electrons. The Labute approximate surface area is 108 Å². The average Bonchev–Trinajstić information content (AvgIpc) is 2.67. The summed E-state index contributed by atoms with van der Waals surface area (Å²) >= 11 is 3.37. The highest BCUT2D eigenvalue weighted by atomic mass is 79.9. The smallest absolute Gasteiger partial charge is 0.158 e. The fourth-order valence-electron chi connectivity index (χ4n) is 1.47. The molecule has 0 bridgehead atoms.